The van der Waals surface area contributed by atoms with Crippen LogP contribution < -0.4 is 0 Å². The second kappa shape index (κ2) is 6.91. The van der Waals surface area contributed by atoms with Gasteiger partial charge in [-0.15, -0.1) is 0 Å². The zero-order valence-electron chi connectivity index (χ0n) is 14.3. The van der Waals surface area contributed by atoms with E-state index in [9.17, 15) is 8.42 Å². The first kappa shape index (κ1) is 16.9. The third-order valence-electron chi connectivity index (χ3n) is 5.48. The Morgan fingerprint density at radius 1 is 1.00 bits per heavy atom. The van der Waals surface area contributed by atoms with Crippen LogP contribution in [0.4, 0.5) is 0 Å². The third-order valence-corrected chi connectivity index (χ3v) is 7.09. The second-order valence-electron chi connectivity index (χ2n) is 7.07. The van der Waals surface area contributed by atoms with Gasteiger partial charge in [0.15, 0.2) is 9.84 Å². The number of rotatable bonds is 3. The maximum absolute atomic E-state index is 11.6. The smallest absolute Gasteiger partial charge is 0.152 e. The van der Waals surface area contributed by atoms with Crippen LogP contribution in [-0.2, 0) is 16.4 Å². The summed E-state index contributed by atoms with van der Waals surface area (Å²) in [7, 11) is -2.77. The summed E-state index contributed by atoms with van der Waals surface area (Å²) in [5, 5.41) is 0. The number of piperidine rings is 1. The van der Waals surface area contributed by atoms with E-state index in [2.05, 4.69) is 41.8 Å². The molecule has 128 valence electrons. The number of benzene rings is 1. The fourth-order valence-electron chi connectivity index (χ4n) is 3.86. The Morgan fingerprint density at radius 2 is 1.57 bits per heavy atom. The molecule has 0 bridgehead atoms. The van der Waals surface area contributed by atoms with Gasteiger partial charge >= 0.3 is 0 Å². The molecule has 4 nitrogen and oxygen atoms in total. The molecule has 2 saturated heterocycles. The van der Waals surface area contributed by atoms with Crippen LogP contribution in [0.25, 0.3) is 0 Å². The van der Waals surface area contributed by atoms with Crippen molar-refractivity contribution in [3.8, 4) is 0 Å². The van der Waals surface area contributed by atoms with Crippen molar-refractivity contribution in [2.24, 2.45) is 0 Å². The molecule has 2 aliphatic rings. The van der Waals surface area contributed by atoms with Crippen LogP contribution in [0, 0.1) is 13.8 Å². The molecular formula is C18H28N2O2S. The first-order valence-corrected chi connectivity index (χ1v) is 10.5. The minimum Gasteiger partial charge on any atom is -0.299 e. The molecule has 2 fully saturated rings. The molecule has 0 aliphatic carbocycles. The molecule has 23 heavy (non-hydrogen) atoms. The van der Waals surface area contributed by atoms with E-state index in [1.165, 1.54) is 16.7 Å². The molecule has 3 rings (SSSR count). The maximum Gasteiger partial charge on any atom is 0.152 e. The highest BCUT2D eigenvalue weighted by Gasteiger charge is 2.29. The molecule has 0 atom stereocenters. The molecule has 0 unspecified atom stereocenters. The Hall–Kier alpha value is -0.910. The average molecular weight is 337 g/mol. The summed E-state index contributed by atoms with van der Waals surface area (Å²) in [5.41, 5.74) is 4.23. The SMILES string of the molecule is Cc1cccc(C)c1CN1CCC(N2CCS(=O)(=O)CC2)CC1. The van der Waals surface area contributed by atoms with E-state index in [0.29, 0.717) is 17.5 Å². The van der Waals surface area contributed by atoms with E-state index < -0.39 is 9.84 Å². The number of hydrogen-bond donors (Lipinski definition) is 0. The van der Waals surface area contributed by atoms with E-state index in [1.54, 1.807) is 0 Å². The summed E-state index contributed by atoms with van der Waals surface area (Å²) in [6.45, 7) is 9.11. The van der Waals surface area contributed by atoms with Gasteiger partial charge in [0.25, 0.3) is 0 Å². The van der Waals surface area contributed by atoms with Gasteiger partial charge in [-0.25, -0.2) is 8.42 Å². The van der Waals surface area contributed by atoms with Gasteiger partial charge < -0.3 is 0 Å². The molecule has 1 aromatic rings. The van der Waals surface area contributed by atoms with Crippen LogP contribution >= 0.6 is 0 Å². The minimum absolute atomic E-state index is 0.343. The van der Waals surface area contributed by atoms with Crippen molar-refractivity contribution in [3.05, 3.63) is 34.9 Å². The molecule has 5 heteroatoms. The zero-order valence-corrected chi connectivity index (χ0v) is 15.1. The third kappa shape index (κ3) is 4.14. The van der Waals surface area contributed by atoms with E-state index in [0.717, 1.165) is 45.6 Å². The molecule has 0 radical (unpaired) electrons. The van der Waals surface area contributed by atoms with Crippen LogP contribution in [0.5, 0.6) is 0 Å². The van der Waals surface area contributed by atoms with Gasteiger partial charge in [0.1, 0.15) is 0 Å². The van der Waals surface area contributed by atoms with Crippen molar-refractivity contribution in [1.82, 2.24) is 9.80 Å². The summed E-state index contributed by atoms with van der Waals surface area (Å²) < 4.78 is 23.1. The lowest BCUT2D eigenvalue weighted by Gasteiger charge is -2.40. The van der Waals surface area contributed by atoms with E-state index >= 15 is 0 Å². The Kier molecular flexibility index (Phi) is 5.09. The molecule has 0 saturated carbocycles. The largest absolute Gasteiger partial charge is 0.299 e. The summed E-state index contributed by atoms with van der Waals surface area (Å²) in [5.74, 6) is 0.686. The molecule has 1 aromatic carbocycles. The summed E-state index contributed by atoms with van der Waals surface area (Å²) in [6, 6.07) is 7.09. The molecule has 2 heterocycles. The minimum atomic E-state index is -2.77. The topological polar surface area (TPSA) is 40.6 Å². The molecule has 0 aromatic heterocycles. The van der Waals surface area contributed by atoms with Gasteiger partial charge in [-0.2, -0.15) is 0 Å². The zero-order chi connectivity index (χ0) is 16.4. The first-order valence-electron chi connectivity index (χ1n) is 8.66. The van der Waals surface area contributed by atoms with Gasteiger partial charge in [-0.3, -0.25) is 9.80 Å². The fourth-order valence-corrected chi connectivity index (χ4v) is 5.09. The van der Waals surface area contributed by atoms with Crippen molar-refractivity contribution in [3.63, 3.8) is 0 Å². The highest BCUT2D eigenvalue weighted by molar-refractivity contribution is 7.91. The Bertz CT molecular complexity index is 615. The van der Waals surface area contributed by atoms with Crippen LogP contribution in [0.15, 0.2) is 18.2 Å². The standard InChI is InChI=1S/C18H28N2O2S/c1-15-4-3-5-16(2)18(15)14-19-8-6-17(7-9-19)20-10-12-23(21,22)13-11-20/h3-5,17H,6-14H2,1-2H3. The van der Waals surface area contributed by atoms with Gasteiger partial charge in [-0.05, 0) is 56.5 Å². The number of nitrogens with zero attached hydrogens (tertiary/aromatic N) is 2. The average Bonchev–Trinajstić information content (AvgIpc) is 2.52. The van der Waals surface area contributed by atoms with Gasteiger partial charge in [0.05, 0.1) is 11.5 Å². The maximum atomic E-state index is 11.6. The quantitative estimate of drug-likeness (QED) is 0.846. The van der Waals surface area contributed by atoms with E-state index in [-0.39, 0.29) is 0 Å². The van der Waals surface area contributed by atoms with Gasteiger partial charge in [0, 0.05) is 25.7 Å². The predicted octanol–water partition coefficient (Wildman–Crippen LogP) is 2.00. The lowest BCUT2D eigenvalue weighted by atomic mass is 9.99. The molecule has 0 spiro atoms. The summed E-state index contributed by atoms with van der Waals surface area (Å²) >= 11 is 0. The Balaban J connectivity index is 1.53. The van der Waals surface area contributed by atoms with Crippen molar-refractivity contribution in [2.45, 2.75) is 39.3 Å². The van der Waals surface area contributed by atoms with Gasteiger partial charge in [-0.1, -0.05) is 18.2 Å². The molecule has 0 amide bonds. The van der Waals surface area contributed by atoms with Crippen molar-refractivity contribution in [2.75, 3.05) is 37.7 Å². The Labute approximate surface area is 140 Å². The van der Waals surface area contributed by atoms with Crippen LogP contribution in [0.2, 0.25) is 0 Å². The number of hydrogen-bond acceptors (Lipinski definition) is 4. The highest BCUT2D eigenvalue weighted by atomic mass is 32.2. The second-order valence-corrected chi connectivity index (χ2v) is 9.37. The summed E-state index contributed by atoms with van der Waals surface area (Å²) in [6.07, 6.45) is 2.32. The molecule has 0 N–H and O–H groups in total. The first-order chi connectivity index (χ1) is 10.9. The highest BCUT2D eigenvalue weighted by Crippen LogP contribution is 2.22. The number of aryl methyl sites for hydroxylation is 2. The van der Waals surface area contributed by atoms with Crippen molar-refractivity contribution < 1.29 is 8.42 Å². The predicted molar refractivity (Wildman–Crippen MR) is 94.4 cm³/mol. The lowest BCUT2D eigenvalue weighted by Crippen LogP contribution is -2.50. The summed E-state index contributed by atoms with van der Waals surface area (Å²) in [4.78, 5) is 4.95. The van der Waals surface area contributed by atoms with E-state index in [1.807, 2.05) is 0 Å². The number of sulfone groups is 1. The number of likely N-dealkylation sites (tertiary alicyclic amines) is 1. The monoisotopic (exact) mass is 336 g/mol. The normalized spacial score (nSPS) is 23.9. The van der Waals surface area contributed by atoms with Crippen LogP contribution in [-0.4, -0.2) is 61.9 Å². The molecule has 2 aliphatic heterocycles. The Morgan fingerprint density at radius 3 is 2.13 bits per heavy atom. The van der Waals surface area contributed by atoms with Crippen LogP contribution in [0.3, 0.4) is 0 Å². The molecular weight excluding hydrogens is 308 g/mol. The van der Waals surface area contributed by atoms with E-state index in [4.69, 9.17) is 0 Å². The van der Waals surface area contributed by atoms with Gasteiger partial charge in [0.2, 0.25) is 0 Å². The fraction of sp³-hybridized carbons (Fsp3) is 0.667. The lowest BCUT2D eigenvalue weighted by molar-refractivity contribution is 0.111. The van der Waals surface area contributed by atoms with Crippen molar-refractivity contribution >= 4 is 9.84 Å². The van der Waals surface area contributed by atoms with Crippen LogP contribution in [0.1, 0.15) is 29.5 Å². The van der Waals surface area contributed by atoms with Crippen molar-refractivity contribution in [1.29, 1.82) is 0 Å².